The Morgan fingerprint density at radius 3 is 2.61 bits per heavy atom. The van der Waals surface area contributed by atoms with Gasteiger partial charge in [0.05, 0.1) is 18.7 Å². The first-order chi connectivity index (χ1) is 15.5. The van der Waals surface area contributed by atoms with Gasteiger partial charge in [0.15, 0.2) is 0 Å². The van der Waals surface area contributed by atoms with Crippen molar-refractivity contribution in [1.82, 2.24) is 15.2 Å². The summed E-state index contributed by atoms with van der Waals surface area (Å²) in [5.41, 5.74) is -0.278. The second-order valence-electron chi connectivity index (χ2n) is 8.25. The Morgan fingerprint density at radius 2 is 2.03 bits per heavy atom. The molecule has 0 bridgehead atoms. The molecule has 10 nitrogen and oxygen atoms in total. The smallest absolute Gasteiger partial charge is 0.410 e. The number of methoxy groups -OCH3 is 1. The van der Waals surface area contributed by atoms with Crippen molar-refractivity contribution in [2.75, 3.05) is 26.8 Å². The Bertz CT molecular complexity index is 883. The third-order valence-corrected chi connectivity index (χ3v) is 5.46. The van der Waals surface area contributed by atoms with Gasteiger partial charge in [0.1, 0.15) is 17.9 Å². The van der Waals surface area contributed by atoms with Crippen molar-refractivity contribution >= 4 is 35.0 Å². The highest BCUT2D eigenvalue weighted by molar-refractivity contribution is 8.13. The number of pyridine rings is 1. The fourth-order valence-corrected chi connectivity index (χ4v) is 4.19. The Morgan fingerprint density at radius 1 is 1.30 bits per heavy atom. The Kier molecular flexibility index (Phi) is 9.27. The molecule has 0 aliphatic carbocycles. The molecule has 2 amide bonds. The number of aromatic nitrogens is 1. The van der Waals surface area contributed by atoms with E-state index in [-0.39, 0.29) is 42.2 Å². The summed E-state index contributed by atoms with van der Waals surface area (Å²) in [6.07, 6.45) is 2.65. The first kappa shape index (κ1) is 26.2. The molecule has 0 aromatic carbocycles. The molecule has 1 fully saturated rings. The van der Waals surface area contributed by atoms with E-state index in [1.54, 1.807) is 20.8 Å². The number of nitrogens with zero attached hydrogens (tertiary/aromatic N) is 2. The number of hydrogen-bond donors (Lipinski definition) is 1. The largest absolute Gasteiger partial charge is 0.464 e. The van der Waals surface area contributed by atoms with E-state index in [0.29, 0.717) is 6.42 Å². The maximum Gasteiger partial charge on any atom is 0.410 e. The molecule has 2 heterocycles. The normalized spacial score (nSPS) is 17.8. The fourth-order valence-electron chi connectivity index (χ4n) is 3.07. The van der Waals surface area contributed by atoms with Gasteiger partial charge in [-0.1, -0.05) is 12.7 Å². The molecule has 2 rings (SSSR count). The van der Waals surface area contributed by atoms with Crippen LogP contribution in [0.5, 0.6) is 0 Å². The summed E-state index contributed by atoms with van der Waals surface area (Å²) in [4.78, 5) is 54.1. The zero-order valence-corrected chi connectivity index (χ0v) is 20.0. The number of likely N-dealkylation sites (tertiary alicyclic amines) is 1. The van der Waals surface area contributed by atoms with Crippen LogP contribution in [0.1, 0.15) is 48.0 Å². The highest BCUT2D eigenvalue weighted by Crippen LogP contribution is 2.30. The molecule has 1 aromatic rings. The number of nitrogens with one attached hydrogen (secondary N) is 1. The van der Waals surface area contributed by atoms with Crippen molar-refractivity contribution < 1.29 is 33.4 Å². The highest BCUT2D eigenvalue weighted by Gasteiger charge is 2.38. The van der Waals surface area contributed by atoms with Gasteiger partial charge in [-0.05, 0) is 51.1 Å². The summed E-state index contributed by atoms with van der Waals surface area (Å²) in [5.74, 6) is -1.02. The third-order valence-electron chi connectivity index (χ3n) is 4.51. The molecule has 33 heavy (non-hydrogen) atoms. The van der Waals surface area contributed by atoms with Crippen molar-refractivity contribution in [2.24, 2.45) is 0 Å². The zero-order chi connectivity index (χ0) is 24.6. The predicted octanol–water partition coefficient (Wildman–Crippen LogP) is 3.03. The van der Waals surface area contributed by atoms with Crippen molar-refractivity contribution in [3.8, 4) is 0 Å². The van der Waals surface area contributed by atoms with Crippen LogP contribution in [-0.2, 0) is 14.2 Å². The lowest BCUT2D eigenvalue weighted by Gasteiger charge is -2.24. The monoisotopic (exact) mass is 479 g/mol. The van der Waals surface area contributed by atoms with Crippen LogP contribution in [0.25, 0.3) is 0 Å². The van der Waals surface area contributed by atoms with E-state index in [1.807, 2.05) is 0 Å². The molecule has 1 aliphatic rings. The molecule has 0 radical (unpaired) electrons. The topological polar surface area (TPSA) is 124 Å². The van der Waals surface area contributed by atoms with E-state index >= 15 is 0 Å². The summed E-state index contributed by atoms with van der Waals surface area (Å²) in [6.45, 7) is 9.35. The standard InChI is InChI=1S/C22H29N3O7S/c1-6-9-31-20(28)25-13-16(33-21(29)32-22(2,3)4)10-15(25)12-24-18(26)14-7-8-17(23-11-14)19(27)30-5/h6-8,11,15-16H,1,9-10,12-13H2,2-5H3,(H,24,26)/t15-,16-/m0/s1. The minimum atomic E-state index is -0.615. The maximum atomic E-state index is 12.5. The number of ether oxygens (including phenoxy) is 3. The average molecular weight is 480 g/mol. The molecule has 180 valence electrons. The predicted molar refractivity (Wildman–Crippen MR) is 122 cm³/mol. The first-order valence-corrected chi connectivity index (χ1v) is 11.2. The lowest BCUT2D eigenvalue weighted by molar-refractivity contribution is 0.0593. The van der Waals surface area contributed by atoms with Gasteiger partial charge in [-0.25, -0.2) is 19.4 Å². The SMILES string of the molecule is C=CCOC(=O)N1C[C@@H](SC(=O)OC(C)(C)C)C[C@H]1CNC(=O)c1ccc(C(=O)OC)nc1. The van der Waals surface area contributed by atoms with Crippen molar-refractivity contribution in [3.05, 3.63) is 42.2 Å². The summed E-state index contributed by atoms with van der Waals surface area (Å²) in [5, 5.41) is 2.13. The van der Waals surface area contributed by atoms with Crippen LogP contribution in [0.15, 0.2) is 31.0 Å². The van der Waals surface area contributed by atoms with Gasteiger partial charge in [-0.15, -0.1) is 0 Å². The molecular weight excluding hydrogens is 450 g/mol. The van der Waals surface area contributed by atoms with Crippen LogP contribution in [0.3, 0.4) is 0 Å². The highest BCUT2D eigenvalue weighted by atomic mass is 32.2. The fraction of sp³-hybridized carbons (Fsp3) is 0.500. The van der Waals surface area contributed by atoms with E-state index < -0.39 is 28.9 Å². The van der Waals surface area contributed by atoms with Gasteiger partial charge in [0.25, 0.3) is 5.91 Å². The van der Waals surface area contributed by atoms with Gasteiger partial charge in [0.2, 0.25) is 0 Å². The maximum absolute atomic E-state index is 12.5. The number of thioether (sulfide) groups is 1. The second kappa shape index (κ2) is 11.7. The molecular formula is C22H29N3O7S. The van der Waals surface area contributed by atoms with E-state index in [9.17, 15) is 19.2 Å². The van der Waals surface area contributed by atoms with E-state index in [2.05, 4.69) is 21.6 Å². The molecule has 0 spiro atoms. The van der Waals surface area contributed by atoms with Crippen LogP contribution in [0.2, 0.25) is 0 Å². The van der Waals surface area contributed by atoms with E-state index in [0.717, 1.165) is 11.8 Å². The Balaban J connectivity index is 2.01. The molecule has 0 saturated carbocycles. The molecule has 1 aromatic heterocycles. The number of carbonyl (C=O) groups is 4. The van der Waals surface area contributed by atoms with Gasteiger partial charge >= 0.3 is 17.4 Å². The first-order valence-electron chi connectivity index (χ1n) is 10.3. The molecule has 1 aliphatic heterocycles. The lowest BCUT2D eigenvalue weighted by Crippen LogP contribution is -2.43. The van der Waals surface area contributed by atoms with Crippen LogP contribution in [0.4, 0.5) is 9.59 Å². The second-order valence-corrected chi connectivity index (χ2v) is 9.48. The minimum absolute atomic E-state index is 0.0521. The molecule has 0 unspecified atom stereocenters. The molecule has 2 atom stereocenters. The van der Waals surface area contributed by atoms with Gasteiger partial charge < -0.3 is 24.4 Å². The molecule has 1 saturated heterocycles. The molecule has 1 N–H and O–H groups in total. The van der Waals surface area contributed by atoms with Crippen LogP contribution >= 0.6 is 11.8 Å². The summed E-state index contributed by atoms with van der Waals surface area (Å²) >= 11 is 1.02. The summed E-state index contributed by atoms with van der Waals surface area (Å²) in [6, 6.07) is 2.47. The van der Waals surface area contributed by atoms with Crippen molar-refractivity contribution in [1.29, 1.82) is 0 Å². The molecule has 11 heteroatoms. The number of carbonyl (C=O) groups excluding carboxylic acids is 4. The van der Waals surface area contributed by atoms with E-state index in [1.165, 1.54) is 36.4 Å². The summed E-state index contributed by atoms with van der Waals surface area (Å²) in [7, 11) is 1.24. The van der Waals surface area contributed by atoms with Crippen LogP contribution < -0.4 is 5.32 Å². The summed E-state index contributed by atoms with van der Waals surface area (Å²) < 4.78 is 15.1. The lowest BCUT2D eigenvalue weighted by atomic mass is 10.2. The number of esters is 1. The zero-order valence-electron chi connectivity index (χ0n) is 19.2. The van der Waals surface area contributed by atoms with Gasteiger partial charge in [0, 0.05) is 24.5 Å². The van der Waals surface area contributed by atoms with Crippen molar-refractivity contribution in [3.63, 3.8) is 0 Å². The Hall–Kier alpha value is -3.08. The number of amides is 2. The third kappa shape index (κ3) is 8.08. The Labute approximate surface area is 197 Å². The van der Waals surface area contributed by atoms with E-state index in [4.69, 9.17) is 9.47 Å². The number of hydrogen-bond acceptors (Lipinski definition) is 9. The van der Waals surface area contributed by atoms with Crippen LogP contribution in [-0.4, -0.2) is 76.9 Å². The minimum Gasteiger partial charge on any atom is -0.464 e. The average Bonchev–Trinajstić information content (AvgIpc) is 3.16. The van der Waals surface area contributed by atoms with Gasteiger partial charge in [-0.3, -0.25) is 4.79 Å². The number of rotatable bonds is 7. The quantitative estimate of drug-likeness (QED) is 0.357. The van der Waals surface area contributed by atoms with Crippen molar-refractivity contribution in [2.45, 2.75) is 44.1 Å². The van der Waals surface area contributed by atoms with Crippen LogP contribution in [0, 0.1) is 0 Å². The van der Waals surface area contributed by atoms with Gasteiger partial charge in [-0.2, -0.15) is 0 Å².